The zero-order chi connectivity index (χ0) is 8.39. The second kappa shape index (κ2) is 3.21. The molecule has 0 amide bonds. The second-order valence-electron chi connectivity index (χ2n) is 2.20. The maximum atomic E-state index is 11.6. The van der Waals surface area contributed by atoms with E-state index in [0.29, 0.717) is 5.50 Å². The Bertz CT molecular complexity index is 327. The van der Waals surface area contributed by atoms with Crippen molar-refractivity contribution < 1.29 is 8.98 Å². The van der Waals surface area contributed by atoms with Crippen molar-refractivity contribution in [3.8, 4) is 0 Å². The van der Waals surface area contributed by atoms with E-state index in [1.54, 1.807) is 12.1 Å². The van der Waals surface area contributed by atoms with Gasteiger partial charge in [0.05, 0.1) is 6.26 Å². The summed E-state index contributed by atoms with van der Waals surface area (Å²) in [5, 5.41) is 1.91. The highest BCUT2D eigenvalue weighted by molar-refractivity contribution is 7.67. The molecule has 0 fully saturated rings. The first kappa shape index (κ1) is 7.71. The van der Waals surface area contributed by atoms with Gasteiger partial charge in [0.1, 0.15) is 0 Å². The predicted molar refractivity (Wildman–Crippen MR) is 49.9 cm³/mol. The lowest BCUT2D eigenvalue weighted by atomic mass is 10.7. The van der Waals surface area contributed by atoms with Crippen LogP contribution >= 0.6 is 19.1 Å². The number of rotatable bonds is 2. The first-order chi connectivity index (χ1) is 5.88. The highest BCUT2D eigenvalue weighted by Gasteiger charge is 2.27. The Morgan fingerprint density at radius 2 is 2.25 bits per heavy atom. The molecule has 2 aromatic heterocycles. The Morgan fingerprint density at radius 3 is 2.83 bits per heavy atom. The number of thiophene rings is 1. The van der Waals surface area contributed by atoms with Crippen LogP contribution in [0.2, 0.25) is 0 Å². The zero-order valence-electron chi connectivity index (χ0n) is 6.14. The van der Waals surface area contributed by atoms with E-state index in [0.717, 1.165) is 4.62 Å². The molecule has 0 aliphatic carbocycles. The van der Waals surface area contributed by atoms with Gasteiger partial charge in [-0.25, -0.2) is 0 Å². The van der Waals surface area contributed by atoms with E-state index in [-0.39, 0.29) is 0 Å². The third-order valence-corrected chi connectivity index (χ3v) is 4.10. The van der Waals surface area contributed by atoms with Gasteiger partial charge in [0.2, 0.25) is 0 Å². The normalized spacial score (nSPS) is 11.5. The lowest BCUT2D eigenvalue weighted by molar-refractivity contribution is 0.573. The lowest BCUT2D eigenvalue weighted by Gasteiger charge is -1.74. The fourth-order valence-corrected chi connectivity index (χ4v) is 2.99. The van der Waals surface area contributed by atoms with E-state index < -0.39 is 7.80 Å². The molecule has 60 valence electrons. The van der Waals surface area contributed by atoms with Gasteiger partial charge in [-0.1, -0.05) is 15.9 Å². The van der Waals surface area contributed by atoms with Crippen molar-refractivity contribution in [1.82, 2.24) is 0 Å². The van der Waals surface area contributed by atoms with Gasteiger partial charge < -0.3 is 4.42 Å². The molecule has 2 aromatic rings. The summed E-state index contributed by atoms with van der Waals surface area (Å²) < 4.78 is 17.5. The van der Waals surface area contributed by atoms with Crippen molar-refractivity contribution in [2.24, 2.45) is 0 Å². The third-order valence-electron chi connectivity index (χ3n) is 1.41. The van der Waals surface area contributed by atoms with Gasteiger partial charge in [0, 0.05) is 12.1 Å². The van der Waals surface area contributed by atoms with Gasteiger partial charge in [0.25, 0.3) is 4.62 Å². The molecule has 0 spiro atoms. The van der Waals surface area contributed by atoms with Gasteiger partial charge in [-0.2, -0.15) is 0 Å². The SMILES string of the molecule is O=[P+](c1ccco1)c1cccs1. The van der Waals surface area contributed by atoms with Crippen LogP contribution in [0.15, 0.2) is 40.3 Å². The maximum Gasteiger partial charge on any atom is 0.465 e. The summed E-state index contributed by atoms with van der Waals surface area (Å²) in [6, 6.07) is 7.22. The van der Waals surface area contributed by atoms with Crippen LogP contribution in [0.4, 0.5) is 0 Å². The number of hydrogen-bond acceptors (Lipinski definition) is 3. The van der Waals surface area contributed by atoms with Gasteiger partial charge in [0.15, 0.2) is 0 Å². The molecule has 0 radical (unpaired) electrons. The molecule has 0 N–H and O–H groups in total. The smallest absolute Gasteiger partial charge is 0.427 e. The van der Waals surface area contributed by atoms with Crippen molar-refractivity contribution in [3.05, 3.63) is 35.9 Å². The molecule has 12 heavy (non-hydrogen) atoms. The third kappa shape index (κ3) is 1.33. The minimum atomic E-state index is -1.49. The molecule has 2 heterocycles. The summed E-state index contributed by atoms with van der Waals surface area (Å²) in [6.45, 7) is 0. The molecular formula is C8H6O2PS+. The van der Waals surface area contributed by atoms with E-state index in [1.807, 2.05) is 17.5 Å². The minimum absolute atomic E-state index is 0.549. The maximum absolute atomic E-state index is 11.6. The van der Waals surface area contributed by atoms with E-state index in [2.05, 4.69) is 0 Å². The minimum Gasteiger partial charge on any atom is -0.427 e. The van der Waals surface area contributed by atoms with E-state index >= 15 is 0 Å². The molecule has 4 heteroatoms. The first-order valence-electron chi connectivity index (χ1n) is 3.42. The predicted octanol–water partition coefficient (Wildman–Crippen LogP) is 2.12. The molecule has 1 atom stereocenters. The van der Waals surface area contributed by atoms with Crippen molar-refractivity contribution in [2.45, 2.75) is 0 Å². The highest BCUT2D eigenvalue weighted by atomic mass is 32.1. The topological polar surface area (TPSA) is 30.2 Å². The Morgan fingerprint density at radius 1 is 1.33 bits per heavy atom. The molecular weight excluding hydrogens is 191 g/mol. The van der Waals surface area contributed by atoms with Crippen LogP contribution in [0.5, 0.6) is 0 Å². The molecule has 1 unspecified atom stereocenters. The fourth-order valence-electron chi connectivity index (χ4n) is 0.879. The molecule has 0 aliphatic heterocycles. The van der Waals surface area contributed by atoms with Crippen LogP contribution in [0.3, 0.4) is 0 Å². The number of hydrogen-bond donors (Lipinski definition) is 0. The Labute approximate surface area is 74.6 Å². The van der Waals surface area contributed by atoms with Crippen LogP contribution in [-0.2, 0) is 4.57 Å². The molecule has 0 saturated heterocycles. The zero-order valence-corrected chi connectivity index (χ0v) is 7.85. The standard InChI is InChI=1S/C8H6O2PS/c9-11(7-3-1-5-10-7)8-4-2-6-12-8/h1-6H/q+1. The Kier molecular flexibility index (Phi) is 2.07. The largest absolute Gasteiger partial charge is 0.465 e. The molecule has 0 saturated carbocycles. The van der Waals surface area contributed by atoms with Crippen molar-refractivity contribution >= 4 is 29.3 Å². The Hall–Kier alpha value is -0.920. The van der Waals surface area contributed by atoms with Crippen molar-refractivity contribution in [1.29, 1.82) is 0 Å². The quantitative estimate of drug-likeness (QED) is 0.690. The van der Waals surface area contributed by atoms with Crippen molar-refractivity contribution in [2.75, 3.05) is 0 Å². The summed E-state index contributed by atoms with van der Waals surface area (Å²) in [7, 11) is -1.49. The van der Waals surface area contributed by atoms with Crippen LogP contribution in [0.25, 0.3) is 0 Å². The molecule has 0 aromatic carbocycles. The van der Waals surface area contributed by atoms with Crippen LogP contribution in [0.1, 0.15) is 0 Å². The van der Waals surface area contributed by atoms with Crippen LogP contribution < -0.4 is 10.1 Å². The summed E-state index contributed by atoms with van der Waals surface area (Å²) in [5.41, 5.74) is 0.549. The fraction of sp³-hybridized carbons (Fsp3) is 0. The van der Waals surface area contributed by atoms with E-state index in [4.69, 9.17) is 4.42 Å². The average Bonchev–Trinajstić information content (AvgIpc) is 2.77. The summed E-state index contributed by atoms with van der Waals surface area (Å²) in [4.78, 5) is 0. The van der Waals surface area contributed by atoms with Crippen LogP contribution in [0, 0.1) is 0 Å². The van der Waals surface area contributed by atoms with Gasteiger partial charge in [-0.3, -0.25) is 0 Å². The highest BCUT2D eigenvalue weighted by Crippen LogP contribution is 2.21. The van der Waals surface area contributed by atoms with Crippen LogP contribution in [-0.4, -0.2) is 0 Å². The van der Waals surface area contributed by atoms with Gasteiger partial charge in [-0.05, 0) is 17.5 Å². The summed E-state index contributed by atoms with van der Waals surface area (Å²) >= 11 is 1.49. The molecule has 2 rings (SSSR count). The second-order valence-corrected chi connectivity index (χ2v) is 4.96. The molecule has 2 nitrogen and oxygen atoms in total. The van der Waals surface area contributed by atoms with E-state index in [1.165, 1.54) is 17.6 Å². The average molecular weight is 197 g/mol. The number of furan rings is 1. The molecule has 0 aliphatic rings. The van der Waals surface area contributed by atoms with E-state index in [9.17, 15) is 4.57 Å². The van der Waals surface area contributed by atoms with Gasteiger partial charge in [-0.15, -0.1) is 0 Å². The monoisotopic (exact) mass is 197 g/mol. The first-order valence-corrected chi connectivity index (χ1v) is 5.56. The summed E-state index contributed by atoms with van der Waals surface area (Å²) in [5.74, 6) is 0. The van der Waals surface area contributed by atoms with Crippen molar-refractivity contribution in [3.63, 3.8) is 0 Å². The Balaban J connectivity index is 2.34. The molecule has 0 bridgehead atoms. The van der Waals surface area contributed by atoms with Gasteiger partial charge >= 0.3 is 13.3 Å². The summed E-state index contributed by atoms with van der Waals surface area (Å²) in [6.07, 6.45) is 1.54. The lowest BCUT2D eigenvalue weighted by Crippen LogP contribution is -1.98.